The van der Waals surface area contributed by atoms with E-state index in [1.807, 2.05) is 6.92 Å². The van der Waals surface area contributed by atoms with Gasteiger partial charge in [-0.2, -0.15) is 5.10 Å². The van der Waals surface area contributed by atoms with Crippen molar-refractivity contribution in [3.63, 3.8) is 0 Å². The molecule has 0 aliphatic rings. The minimum Gasteiger partial charge on any atom is -0.274 e. The summed E-state index contributed by atoms with van der Waals surface area (Å²) in [5.74, 6) is -0.308. The van der Waals surface area contributed by atoms with Gasteiger partial charge in [-0.1, -0.05) is 0 Å². The lowest BCUT2D eigenvalue weighted by Gasteiger charge is -1.98. The van der Waals surface area contributed by atoms with Crippen molar-refractivity contribution >= 4 is 16.8 Å². The molecule has 1 aromatic heterocycles. The SMILES string of the molecule is CCn1nc(-c2ccc(F)cc2)cc1C(=O)Cl. The van der Waals surface area contributed by atoms with Crippen LogP contribution in [0.25, 0.3) is 11.3 Å². The molecule has 0 saturated heterocycles. The maximum atomic E-state index is 12.8. The molecule has 17 heavy (non-hydrogen) atoms. The van der Waals surface area contributed by atoms with Crippen LogP contribution in [0, 0.1) is 5.82 Å². The average Bonchev–Trinajstić information content (AvgIpc) is 2.74. The normalized spacial score (nSPS) is 10.5. The Morgan fingerprint density at radius 2 is 2.06 bits per heavy atom. The van der Waals surface area contributed by atoms with E-state index < -0.39 is 5.24 Å². The molecule has 5 heteroatoms. The van der Waals surface area contributed by atoms with E-state index in [1.54, 1.807) is 18.2 Å². The number of carbonyl (C=O) groups excluding carboxylic acids is 1. The summed E-state index contributed by atoms with van der Waals surface area (Å²) in [4.78, 5) is 11.2. The van der Waals surface area contributed by atoms with Crippen molar-refractivity contribution in [1.82, 2.24) is 9.78 Å². The second kappa shape index (κ2) is 4.67. The van der Waals surface area contributed by atoms with Crippen LogP contribution < -0.4 is 0 Å². The van der Waals surface area contributed by atoms with Crippen LogP contribution in [0.4, 0.5) is 4.39 Å². The van der Waals surface area contributed by atoms with Crippen LogP contribution in [0.3, 0.4) is 0 Å². The van der Waals surface area contributed by atoms with E-state index in [-0.39, 0.29) is 5.82 Å². The maximum Gasteiger partial charge on any atom is 0.270 e. The van der Waals surface area contributed by atoms with Gasteiger partial charge in [0.25, 0.3) is 5.24 Å². The second-order valence-electron chi connectivity index (χ2n) is 3.51. The Balaban J connectivity index is 2.46. The fraction of sp³-hybridized carbons (Fsp3) is 0.167. The minimum absolute atomic E-state index is 0.308. The van der Waals surface area contributed by atoms with E-state index in [9.17, 15) is 9.18 Å². The Bertz CT molecular complexity index is 548. The van der Waals surface area contributed by atoms with Gasteiger partial charge < -0.3 is 0 Å². The highest BCUT2D eigenvalue weighted by Crippen LogP contribution is 2.20. The molecule has 0 bridgehead atoms. The summed E-state index contributed by atoms with van der Waals surface area (Å²) in [6, 6.07) is 7.53. The predicted molar refractivity (Wildman–Crippen MR) is 63.5 cm³/mol. The Kier molecular flexibility index (Phi) is 3.24. The Hall–Kier alpha value is -1.68. The van der Waals surface area contributed by atoms with Gasteiger partial charge >= 0.3 is 0 Å². The number of nitrogens with zero attached hydrogens (tertiary/aromatic N) is 2. The smallest absolute Gasteiger partial charge is 0.270 e. The molecule has 2 aromatic rings. The molecular formula is C12H10ClFN2O. The molecule has 0 radical (unpaired) electrons. The van der Waals surface area contributed by atoms with Crippen LogP contribution in [0.1, 0.15) is 17.4 Å². The molecule has 0 aliphatic carbocycles. The van der Waals surface area contributed by atoms with Gasteiger partial charge in [0.05, 0.1) is 5.69 Å². The highest BCUT2D eigenvalue weighted by molar-refractivity contribution is 6.67. The second-order valence-corrected chi connectivity index (χ2v) is 3.85. The van der Waals surface area contributed by atoms with Crippen molar-refractivity contribution in [2.75, 3.05) is 0 Å². The Labute approximate surface area is 103 Å². The molecule has 0 spiro atoms. The first kappa shape index (κ1) is 11.8. The Morgan fingerprint density at radius 3 is 2.53 bits per heavy atom. The molecule has 2 rings (SSSR count). The summed E-state index contributed by atoms with van der Waals surface area (Å²) >= 11 is 5.45. The zero-order valence-corrected chi connectivity index (χ0v) is 9.91. The number of hydrogen-bond acceptors (Lipinski definition) is 2. The third-order valence-electron chi connectivity index (χ3n) is 2.42. The molecule has 3 nitrogen and oxygen atoms in total. The average molecular weight is 253 g/mol. The van der Waals surface area contributed by atoms with Crippen molar-refractivity contribution in [3.05, 3.63) is 41.8 Å². The first-order valence-electron chi connectivity index (χ1n) is 5.15. The van der Waals surface area contributed by atoms with Gasteiger partial charge in [0.15, 0.2) is 0 Å². The van der Waals surface area contributed by atoms with Crippen LogP contribution >= 0.6 is 11.6 Å². The molecule has 88 valence electrons. The molecular weight excluding hydrogens is 243 g/mol. The summed E-state index contributed by atoms with van der Waals surface area (Å²) < 4.78 is 14.3. The summed E-state index contributed by atoms with van der Waals surface area (Å²) in [5, 5.41) is 3.69. The highest BCUT2D eigenvalue weighted by atomic mass is 35.5. The summed E-state index contributed by atoms with van der Waals surface area (Å²) in [6.07, 6.45) is 0. The molecule has 0 saturated carbocycles. The number of rotatable bonds is 3. The van der Waals surface area contributed by atoms with Gasteiger partial charge in [-0.05, 0) is 48.9 Å². The van der Waals surface area contributed by atoms with Crippen LogP contribution in [0.15, 0.2) is 30.3 Å². The van der Waals surface area contributed by atoms with E-state index in [4.69, 9.17) is 11.6 Å². The monoisotopic (exact) mass is 252 g/mol. The standard InChI is InChI=1S/C12H10ClFN2O/c1-2-16-11(12(13)17)7-10(15-16)8-3-5-9(14)6-4-8/h3-7H,2H2,1H3. The topological polar surface area (TPSA) is 34.9 Å². The fourth-order valence-electron chi connectivity index (χ4n) is 1.58. The van der Waals surface area contributed by atoms with E-state index in [0.717, 1.165) is 5.56 Å². The third-order valence-corrected chi connectivity index (χ3v) is 2.61. The van der Waals surface area contributed by atoms with Gasteiger partial charge in [-0.25, -0.2) is 4.39 Å². The lowest BCUT2D eigenvalue weighted by atomic mass is 10.1. The first-order chi connectivity index (χ1) is 8.11. The fourth-order valence-corrected chi connectivity index (χ4v) is 1.73. The van der Waals surface area contributed by atoms with Gasteiger partial charge in [-0.3, -0.25) is 9.48 Å². The lowest BCUT2D eigenvalue weighted by molar-refractivity contribution is 0.107. The largest absolute Gasteiger partial charge is 0.274 e. The van der Waals surface area contributed by atoms with Gasteiger partial charge in [0.1, 0.15) is 11.5 Å². The van der Waals surface area contributed by atoms with Crippen LogP contribution in [0.5, 0.6) is 0 Å². The van der Waals surface area contributed by atoms with Crippen LogP contribution in [-0.4, -0.2) is 15.0 Å². The molecule has 1 heterocycles. The van der Waals surface area contributed by atoms with Crippen LogP contribution in [-0.2, 0) is 6.54 Å². The van der Waals surface area contributed by atoms with E-state index >= 15 is 0 Å². The molecule has 0 aliphatic heterocycles. The zero-order chi connectivity index (χ0) is 12.4. The third kappa shape index (κ3) is 2.36. The molecule has 1 aromatic carbocycles. The van der Waals surface area contributed by atoms with Crippen molar-refractivity contribution < 1.29 is 9.18 Å². The molecule has 0 atom stereocenters. The predicted octanol–water partition coefficient (Wildman–Crippen LogP) is 3.09. The minimum atomic E-state index is -0.548. The highest BCUT2D eigenvalue weighted by Gasteiger charge is 2.13. The summed E-state index contributed by atoms with van der Waals surface area (Å²) in [5.41, 5.74) is 1.70. The lowest BCUT2D eigenvalue weighted by Crippen LogP contribution is -2.04. The number of carbonyl (C=O) groups is 1. The summed E-state index contributed by atoms with van der Waals surface area (Å²) in [7, 11) is 0. The van der Waals surface area contributed by atoms with Gasteiger partial charge in [0.2, 0.25) is 0 Å². The van der Waals surface area contributed by atoms with Crippen molar-refractivity contribution in [1.29, 1.82) is 0 Å². The number of halogens is 2. The maximum absolute atomic E-state index is 12.8. The molecule has 0 N–H and O–H groups in total. The quantitative estimate of drug-likeness (QED) is 0.787. The van der Waals surface area contributed by atoms with Gasteiger partial charge in [-0.15, -0.1) is 0 Å². The van der Waals surface area contributed by atoms with Crippen molar-refractivity contribution in [2.45, 2.75) is 13.5 Å². The van der Waals surface area contributed by atoms with Crippen LogP contribution in [0.2, 0.25) is 0 Å². The van der Waals surface area contributed by atoms with Gasteiger partial charge in [0, 0.05) is 12.1 Å². The number of aryl methyl sites for hydroxylation is 1. The molecule has 0 unspecified atom stereocenters. The molecule has 0 fully saturated rings. The number of aromatic nitrogens is 2. The number of benzene rings is 1. The van der Waals surface area contributed by atoms with Crippen molar-refractivity contribution in [3.8, 4) is 11.3 Å². The van der Waals surface area contributed by atoms with E-state index in [0.29, 0.717) is 17.9 Å². The first-order valence-corrected chi connectivity index (χ1v) is 5.53. The molecule has 0 amide bonds. The zero-order valence-electron chi connectivity index (χ0n) is 9.15. The summed E-state index contributed by atoms with van der Waals surface area (Å²) in [6.45, 7) is 2.42. The Morgan fingerprint density at radius 1 is 1.41 bits per heavy atom. The van der Waals surface area contributed by atoms with E-state index in [2.05, 4.69) is 5.10 Å². The number of hydrogen-bond donors (Lipinski definition) is 0. The van der Waals surface area contributed by atoms with E-state index in [1.165, 1.54) is 16.8 Å². The van der Waals surface area contributed by atoms with Crippen molar-refractivity contribution in [2.24, 2.45) is 0 Å².